The van der Waals surface area contributed by atoms with Crippen LogP contribution in [-0.2, 0) is 6.54 Å². The van der Waals surface area contributed by atoms with E-state index in [9.17, 15) is 5.11 Å². The number of hydrogen-bond acceptors (Lipinski definition) is 3. The second kappa shape index (κ2) is 7.49. The van der Waals surface area contributed by atoms with Gasteiger partial charge in [0.2, 0.25) is 0 Å². The van der Waals surface area contributed by atoms with Gasteiger partial charge in [-0.25, -0.2) is 0 Å². The number of hydrogen-bond donors (Lipinski definition) is 2. The second-order valence-corrected chi connectivity index (χ2v) is 6.28. The smallest absolute Gasteiger partial charge is 0.116 e. The molecular weight excluding hydrogens is 310 g/mol. The number of benzene rings is 2. The summed E-state index contributed by atoms with van der Waals surface area (Å²) in [6, 6.07) is 15.2. The van der Waals surface area contributed by atoms with Crippen molar-refractivity contribution in [2.24, 2.45) is 5.10 Å². The first-order valence-corrected chi connectivity index (χ1v) is 8.23. The van der Waals surface area contributed by atoms with E-state index in [1.165, 1.54) is 5.56 Å². The molecule has 0 aromatic heterocycles. The molecule has 1 aliphatic heterocycles. The Bertz CT molecular complexity index is 664. The molecule has 23 heavy (non-hydrogen) atoms. The van der Waals surface area contributed by atoms with Crippen LogP contribution in [0.15, 0.2) is 53.6 Å². The molecule has 0 radical (unpaired) electrons. The number of phenols is 1. The fourth-order valence-corrected chi connectivity index (χ4v) is 2.87. The molecule has 5 heteroatoms. The van der Waals surface area contributed by atoms with E-state index in [1.807, 2.05) is 30.5 Å². The Balaban J connectivity index is 1.49. The van der Waals surface area contributed by atoms with Crippen molar-refractivity contribution in [2.75, 3.05) is 26.2 Å². The van der Waals surface area contributed by atoms with E-state index in [0.29, 0.717) is 0 Å². The van der Waals surface area contributed by atoms with E-state index < -0.39 is 0 Å². The number of aromatic hydroxyl groups is 1. The number of phenolic OH excluding ortho intramolecular Hbond substituents is 1. The molecule has 3 rings (SSSR count). The van der Waals surface area contributed by atoms with Crippen LogP contribution in [0.3, 0.4) is 0 Å². The summed E-state index contributed by atoms with van der Waals surface area (Å²) >= 11 is 5.92. The van der Waals surface area contributed by atoms with Crippen molar-refractivity contribution in [3.63, 3.8) is 0 Å². The molecule has 1 fully saturated rings. The van der Waals surface area contributed by atoms with Crippen LogP contribution in [0.25, 0.3) is 0 Å². The third kappa shape index (κ3) is 4.71. The monoisotopic (exact) mass is 330 g/mol. The third-order valence-electron chi connectivity index (χ3n) is 4.05. The topological polar surface area (TPSA) is 40.3 Å². The Kier molecular flexibility index (Phi) is 5.16. The van der Waals surface area contributed by atoms with Gasteiger partial charge in [-0.15, -0.1) is 0 Å². The Labute approximate surface area is 141 Å². The lowest BCUT2D eigenvalue weighted by Crippen LogP contribution is -3.13. The molecule has 0 aliphatic carbocycles. The average Bonchev–Trinajstić information content (AvgIpc) is 2.56. The number of nitrogens with one attached hydrogen (secondary N) is 1. The van der Waals surface area contributed by atoms with Gasteiger partial charge in [0.05, 0.1) is 32.4 Å². The van der Waals surface area contributed by atoms with Crippen molar-refractivity contribution in [1.29, 1.82) is 0 Å². The lowest BCUT2D eigenvalue weighted by atomic mass is 10.2. The number of rotatable bonds is 4. The molecule has 0 spiro atoms. The molecule has 1 saturated heterocycles. The highest BCUT2D eigenvalue weighted by Crippen LogP contribution is 2.10. The summed E-state index contributed by atoms with van der Waals surface area (Å²) in [5, 5.41) is 16.8. The largest absolute Gasteiger partial charge is 0.508 e. The summed E-state index contributed by atoms with van der Waals surface area (Å²) in [6.45, 7) is 5.05. The van der Waals surface area contributed by atoms with Gasteiger partial charge < -0.3 is 10.0 Å². The molecule has 0 unspecified atom stereocenters. The van der Waals surface area contributed by atoms with E-state index in [4.69, 9.17) is 11.6 Å². The normalized spacial score (nSPS) is 16.1. The molecule has 2 aromatic rings. The van der Waals surface area contributed by atoms with Crippen molar-refractivity contribution < 1.29 is 10.0 Å². The van der Waals surface area contributed by atoms with Crippen LogP contribution in [0.2, 0.25) is 5.02 Å². The van der Waals surface area contributed by atoms with Gasteiger partial charge in [-0.1, -0.05) is 35.9 Å². The van der Waals surface area contributed by atoms with Crippen LogP contribution in [0.5, 0.6) is 5.75 Å². The molecule has 2 aromatic carbocycles. The van der Waals surface area contributed by atoms with Crippen LogP contribution in [0.4, 0.5) is 0 Å². The minimum absolute atomic E-state index is 0.270. The zero-order valence-corrected chi connectivity index (χ0v) is 13.7. The van der Waals surface area contributed by atoms with Gasteiger partial charge in [-0.2, -0.15) is 5.10 Å². The Morgan fingerprint density at radius 1 is 1.13 bits per heavy atom. The van der Waals surface area contributed by atoms with E-state index in [-0.39, 0.29) is 5.75 Å². The summed E-state index contributed by atoms with van der Waals surface area (Å²) in [4.78, 5) is 1.57. The van der Waals surface area contributed by atoms with Crippen molar-refractivity contribution in [3.05, 3.63) is 64.7 Å². The minimum Gasteiger partial charge on any atom is -0.508 e. The zero-order chi connectivity index (χ0) is 16.1. The Morgan fingerprint density at radius 3 is 2.57 bits per heavy atom. The first kappa shape index (κ1) is 15.8. The van der Waals surface area contributed by atoms with Gasteiger partial charge >= 0.3 is 0 Å². The first-order chi connectivity index (χ1) is 11.2. The molecule has 0 atom stereocenters. The first-order valence-electron chi connectivity index (χ1n) is 7.85. The summed E-state index contributed by atoms with van der Waals surface area (Å²) in [7, 11) is 0. The number of nitrogens with zero attached hydrogens (tertiary/aromatic N) is 2. The van der Waals surface area contributed by atoms with Crippen molar-refractivity contribution in [3.8, 4) is 5.75 Å². The van der Waals surface area contributed by atoms with Gasteiger partial charge in [-0.05, 0) is 29.8 Å². The van der Waals surface area contributed by atoms with Crippen LogP contribution in [0, 0.1) is 0 Å². The van der Waals surface area contributed by atoms with Crippen molar-refractivity contribution in [2.45, 2.75) is 6.54 Å². The van der Waals surface area contributed by atoms with E-state index >= 15 is 0 Å². The minimum atomic E-state index is 0.270. The molecule has 120 valence electrons. The molecular formula is C18H21ClN3O+. The fourth-order valence-electron chi connectivity index (χ4n) is 2.75. The average molecular weight is 331 g/mol. The quantitative estimate of drug-likeness (QED) is 0.839. The van der Waals surface area contributed by atoms with Crippen molar-refractivity contribution in [1.82, 2.24) is 5.01 Å². The Morgan fingerprint density at radius 2 is 1.87 bits per heavy atom. The number of halogens is 1. The molecule has 4 nitrogen and oxygen atoms in total. The van der Waals surface area contributed by atoms with Gasteiger partial charge in [-0.3, -0.25) is 5.01 Å². The highest BCUT2D eigenvalue weighted by molar-refractivity contribution is 6.30. The molecule has 1 heterocycles. The molecule has 1 aliphatic rings. The SMILES string of the molecule is Oc1cccc(C=NN2CC[NH+](Cc3ccc(Cl)cc3)CC2)c1. The molecule has 0 amide bonds. The van der Waals surface area contributed by atoms with Gasteiger partial charge in [0.1, 0.15) is 12.3 Å². The number of quaternary nitrogens is 1. The van der Waals surface area contributed by atoms with Crippen LogP contribution >= 0.6 is 11.6 Å². The van der Waals surface area contributed by atoms with Gasteiger partial charge in [0.15, 0.2) is 0 Å². The predicted molar refractivity (Wildman–Crippen MR) is 93.1 cm³/mol. The fraction of sp³-hybridized carbons (Fsp3) is 0.278. The summed E-state index contributed by atoms with van der Waals surface area (Å²) in [6.07, 6.45) is 1.81. The molecule has 2 N–H and O–H groups in total. The Hall–Kier alpha value is -2.04. The van der Waals surface area contributed by atoms with Gasteiger partial charge in [0, 0.05) is 10.6 Å². The summed E-state index contributed by atoms with van der Waals surface area (Å²) < 4.78 is 0. The summed E-state index contributed by atoms with van der Waals surface area (Å²) in [5.41, 5.74) is 2.24. The van der Waals surface area contributed by atoms with E-state index in [2.05, 4.69) is 22.2 Å². The maximum Gasteiger partial charge on any atom is 0.116 e. The molecule has 0 bridgehead atoms. The van der Waals surface area contributed by atoms with Crippen LogP contribution in [0.1, 0.15) is 11.1 Å². The van der Waals surface area contributed by atoms with Crippen LogP contribution < -0.4 is 4.90 Å². The number of piperazine rings is 1. The highest BCUT2D eigenvalue weighted by atomic mass is 35.5. The highest BCUT2D eigenvalue weighted by Gasteiger charge is 2.18. The van der Waals surface area contributed by atoms with E-state index in [0.717, 1.165) is 43.3 Å². The van der Waals surface area contributed by atoms with E-state index in [1.54, 1.807) is 17.0 Å². The standard InChI is InChI=1S/C18H20ClN3O/c19-17-6-4-15(5-7-17)14-21-8-10-22(11-9-21)20-13-16-2-1-3-18(23)12-16/h1-7,12-13,23H,8-11,14H2/p+1. The maximum atomic E-state index is 9.46. The zero-order valence-electron chi connectivity index (χ0n) is 13.0. The van der Waals surface area contributed by atoms with Crippen LogP contribution in [-0.4, -0.2) is 42.5 Å². The second-order valence-electron chi connectivity index (χ2n) is 5.85. The number of hydrazone groups is 1. The maximum absolute atomic E-state index is 9.46. The summed E-state index contributed by atoms with van der Waals surface area (Å²) in [5.74, 6) is 0.270. The van der Waals surface area contributed by atoms with Crippen molar-refractivity contribution >= 4 is 17.8 Å². The molecule has 0 saturated carbocycles. The predicted octanol–water partition coefficient (Wildman–Crippen LogP) is 1.78. The third-order valence-corrected chi connectivity index (χ3v) is 4.31. The van der Waals surface area contributed by atoms with Gasteiger partial charge in [0.25, 0.3) is 0 Å². The lowest BCUT2D eigenvalue weighted by Gasteiger charge is -2.30. The lowest BCUT2D eigenvalue weighted by molar-refractivity contribution is -0.918.